The molecule has 1 aromatic heterocycles. The van der Waals surface area contributed by atoms with Crippen molar-refractivity contribution in [1.82, 2.24) is 0 Å². The smallest absolute Gasteiger partial charge is 0.449 e. The van der Waals surface area contributed by atoms with Gasteiger partial charge in [0.2, 0.25) is 11.2 Å². The number of halogens is 5. The van der Waals surface area contributed by atoms with Crippen LogP contribution in [0.1, 0.15) is 21.7 Å². The third-order valence-electron chi connectivity index (χ3n) is 6.28. The number of nitrogens with one attached hydrogen (secondary N) is 1. The maximum absolute atomic E-state index is 14.2. The van der Waals surface area contributed by atoms with E-state index in [2.05, 4.69) is 0 Å². The lowest BCUT2D eigenvalue weighted by Crippen LogP contribution is -3.12. The summed E-state index contributed by atoms with van der Waals surface area (Å²) in [7, 11) is 0. The highest BCUT2D eigenvalue weighted by atomic mass is 35.5. The fourth-order valence-corrected chi connectivity index (χ4v) is 4.40. The Kier molecular flexibility index (Phi) is 7.79. The molecule has 0 bridgehead atoms. The number of hydrogen-bond donors (Lipinski definition) is 1. The van der Waals surface area contributed by atoms with Gasteiger partial charge in [-0.25, -0.2) is 9.18 Å². The molecular formula is C28H21ClF4NO6+. The SMILES string of the molecule is O=C(Oc1ccc2c(=O)c(Oc3ccc(Cl)cc3)c(C(F)(F)F)oc2c1C[NH+]1CCOCC1)c1ccc(F)cc1. The number of fused-ring (bicyclic) bond motifs is 1. The number of carbonyl (C=O) groups is 1. The van der Waals surface area contributed by atoms with Gasteiger partial charge >= 0.3 is 12.1 Å². The van der Waals surface area contributed by atoms with E-state index in [1.165, 1.54) is 48.5 Å². The standard InChI is InChI=1S/C28H20ClF4NO6/c29-17-3-7-19(8-4-17)38-25-23(35)20-9-10-22(39-27(36)16-1-5-18(30)6-2-16)21(15-34-11-13-37-14-12-34)24(20)40-26(25)28(31,32)33/h1-10H,11-15H2/p+1. The van der Waals surface area contributed by atoms with Gasteiger partial charge in [0.25, 0.3) is 5.76 Å². The molecule has 208 valence electrons. The summed E-state index contributed by atoms with van der Waals surface area (Å²) in [4.78, 5) is 27.1. The van der Waals surface area contributed by atoms with E-state index in [0.717, 1.165) is 17.0 Å². The molecule has 1 aliphatic heterocycles. The Balaban J connectivity index is 1.65. The molecule has 3 aromatic carbocycles. The zero-order valence-electron chi connectivity index (χ0n) is 20.6. The first kappa shape index (κ1) is 27.6. The van der Waals surface area contributed by atoms with Crippen LogP contribution in [-0.2, 0) is 17.5 Å². The first-order valence-electron chi connectivity index (χ1n) is 12.1. The maximum atomic E-state index is 14.2. The molecule has 0 saturated carbocycles. The third-order valence-corrected chi connectivity index (χ3v) is 6.53. The zero-order chi connectivity index (χ0) is 28.4. The summed E-state index contributed by atoms with van der Waals surface area (Å²) < 4.78 is 77.6. The van der Waals surface area contributed by atoms with Crippen molar-refractivity contribution >= 4 is 28.5 Å². The van der Waals surface area contributed by atoms with Crippen LogP contribution in [-0.4, -0.2) is 32.3 Å². The Bertz CT molecular complexity index is 1600. The van der Waals surface area contributed by atoms with Gasteiger partial charge in [0, 0.05) is 5.02 Å². The minimum absolute atomic E-state index is 0.0234. The van der Waals surface area contributed by atoms with E-state index in [0.29, 0.717) is 31.3 Å². The zero-order valence-corrected chi connectivity index (χ0v) is 21.4. The minimum atomic E-state index is -5.10. The summed E-state index contributed by atoms with van der Waals surface area (Å²) in [6.45, 7) is 1.96. The molecule has 5 rings (SSSR count). The first-order valence-corrected chi connectivity index (χ1v) is 12.5. The van der Waals surface area contributed by atoms with Crippen LogP contribution in [0, 0.1) is 5.82 Å². The molecule has 12 heteroatoms. The number of alkyl halides is 3. The summed E-state index contributed by atoms with van der Waals surface area (Å²) in [5.74, 6) is -4.24. The fraction of sp³-hybridized carbons (Fsp3) is 0.214. The Labute approximate surface area is 229 Å². The van der Waals surface area contributed by atoms with Crippen molar-refractivity contribution in [2.45, 2.75) is 12.7 Å². The van der Waals surface area contributed by atoms with Crippen molar-refractivity contribution in [3.8, 4) is 17.2 Å². The van der Waals surface area contributed by atoms with Crippen LogP contribution >= 0.6 is 11.6 Å². The molecule has 0 radical (unpaired) electrons. The normalized spacial score (nSPS) is 14.3. The number of hydrogen-bond acceptors (Lipinski definition) is 6. The maximum Gasteiger partial charge on any atom is 0.453 e. The summed E-state index contributed by atoms with van der Waals surface area (Å²) in [6, 6.07) is 12.5. The van der Waals surface area contributed by atoms with Crippen LogP contribution in [0.25, 0.3) is 11.0 Å². The Morgan fingerprint density at radius 1 is 0.975 bits per heavy atom. The van der Waals surface area contributed by atoms with Crippen molar-refractivity contribution in [2.75, 3.05) is 26.3 Å². The molecule has 4 aromatic rings. The van der Waals surface area contributed by atoms with E-state index >= 15 is 0 Å². The van der Waals surface area contributed by atoms with Gasteiger partial charge in [-0.15, -0.1) is 0 Å². The van der Waals surface area contributed by atoms with Crippen LogP contribution in [0.2, 0.25) is 5.02 Å². The lowest BCUT2D eigenvalue weighted by molar-refractivity contribution is -0.921. The second-order valence-electron chi connectivity index (χ2n) is 9.00. The minimum Gasteiger partial charge on any atom is -0.449 e. The molecule has 0 aliphatic carbocycles. The Morgan fingerprint density at radius 3 is 2.30 bits per heavy atom. The molecule has 2 heterocycles. The molecule has 1 aliphatic rings. The van der Waals surface area contributed by atoms with E-state index in [1.54, 1.807) is 0 Å². The second-order valence-corrected chi connectivity index (χ2v) is 9.43. The van der Waals surface area contributed by atoms with E-state index in [1.807, 2.05) is 0 Å². The van der Waals surface area contributed by atoms with Gasteiger partial charge in [0.15, 0.2) is 5.58 Å². The van der Waals surface area contributed by atoms with Gasteiger partial charge in [-0.05, 0) is 60.7 Å². The molecule has 0 amide bonds. The quantitative estimate of drug-likeness (QED) is 0.196. The molecule has 40 heavy (non-hydrogen) atoms. The summed E-state index contributed by atoms with van der Waals surface area (Å²) >= 11 is 5.84. The highest BCUT2D eigenvalue weighted by molar-refractivity contribution is 6.30. The number of quaternary nitrogens is 1. The summed E-state index contributed by atoms with van der Waals surface area (Å²) in [5.41, 5.74) is -1.33. The predicted molar refractivity (Wildman–Crippen MR) is 136 cm³/mol. The molecule has 1 N–H and O–H groups in total. The second kappa shape index (κ2) is 11.3. The van der Waals surface area contributed by atoms with Crippen molar-refractivity contribution in [3.05, 3.63) is 98.6 Å². The van der Waals surface area contributed by atoms with E-state index < -0.39 is 34.9 Å². The van der Waals surface area contributed by atoms with Crippen molar-refractivity contribution in [1.29, 1.82) is 0 Å². The van der Waals surface area contributed by atoms with Crippen molar-refractivity contribution < 1.29 is 45.9 Å². The molecule has 7 nitrogen and oxygen atoms in total. The van der Waals surface area contributed by atoms with E-state index in [4.69, 9.17) is 30.2 Å². The van der Waals surface area contributed by atoms with Gasteiger partial charge in [-0.1, -0.05) is 11.6 Å². The lowest BCUT2D eigenvalue weighted by Gasteiger charge is -2.25. The largest absolute Gasteiger partial charge is 0.453 e. The summed E-state index contributed by atoms with van der Waals surface area (Å²) in [6.07, 6.45) is -5.10. The van der Waals surface area contributed by atoms with Crippen molar-refractivity contribution in [3.63, 3.8) is 0 Å². The highest BCUT2D eigenvalue weighted by Crippen LogP contribution is 2.40. The number of carbonyl (C=O) groups excluding carboxylic acids is 1. The number of morpholine rings is 1. The number of ether oxygens (including phenoxy) is 3. The predicted octanol–water partition coefficient (Wildman–Crippen LogP) is 5.03. The lowest BCUT2D eigenvalue weighted by atomic mass is 10.1. The Hall–Kier alpha value is -3.93. The summed E-state index contributed by atoms with van der Waals surface area (Å²) in [5, 5.41) is 0.133. The van der Waals surface area contributed by atoms with Gasteiger partial charge in [0.1, 0.15) is 37.0 Å². The monoisotopic (exact) mass is 578 g/mol. The molecule has 0 spiro atoms. The number of benzene rings is 3. The molecule has 1 saturated heterocycles. The van der Waals surface area contributed by atoms with E-state index in [9.17, 15) is 27.2 Å². The van der Waals surface area contributed by atoms with Gasteiger partial charge in [-0.3, -0.25) is 4.79 Å². The average molecular weight is 579 g/mol. The first-order chi connectivity index (χ1) is 19.1. The van der Waals surface area contributed by atoms with Gasteiger partial charge in [-0.2, -0.15) is 13.2 Å². The molecule has 0 unspecified atom stereocenters. The average Bonchev–Trinajstić information content (AvgIpc) is 2.92. The molecular weight excluding hydrogens is 558 g/mol. The van der Waals surface area contributed by atoms with Crippen LogP contribution in [0.15, 0.2) is 69.9 Å². The third kappa shape index (κ3) is 5.96. The Morgan fingerprint density at radius 2 is 1.65 bits per heavy atom. The molecule has 1 fully saturated rings. The highest BCUT2D eigenvalue weighted by Gasteiger charge is 2.41. The van der Waals surface area contributed by atoms with Crippen LogP contribution in [0.4, 0.5) is 17.6 Å². The molecule has 0 atom stereocenters. The van der Waals surface area contributed by atoms with E-state index in [-0.39, 0.29) is 40.1 Å². The van der Waals surface area contributed by atoms with Crippen LogP contribution < -0.4 is 19.8 Å². The number of rotatable bonds is 6. The van der Waals surface area contributed by atoms with Crippen LogP contribution in [0.5, 0.6) is 17.2 Å². The van der Waals surface area contributed by atoms with Gasteiger partial charge < -0.3 is 23.5 Å². The fourth-order valence-electron chi connectivity index (χ4n) is 4.27. The number of esters is 1. The van der Waals surface area contributed by atoms with Crippen LogP contribution in [0.3, 0.4) is 0 Å². The van der Waals surface area contributed by atoms with Crippen molar-refractivity contribution in [2.24, 2.45) is 0 Å². The van der Waals surface area contributed by atoms with Gasteiger partial charge in [0.05, 0.1) is 29.7 Å². The topological polar surface area (TPSA) is 79.4 Å².